The monoisotopic (exact) mass is 441 g/mol. The molecule has 1 fully saturated rings. The quantitative estimate of drug-likeness (QED) is 0.316. The Hall–Kier alpha value is -3.86. The Bertz CT molecular complexity index is 1160. The fourth-order valence-corrected chi connectivity index (χ4v) is 4.13. The van der Waals surface area contributed by atoms with E-state index in [1.807, 2.05) is 68.4 Å². The van der Waals surface area contributed by atoms with Crippen LogP contribution in [0.5, 0.6) is 5.75 Å². The maximum atomic E-state index is 13.1. The molecule has 4 rings (SSSR count). The Labute approximate surface area is 193 Å². The molecular formula is C28H27NO4. The van der Waals surface area contributed by atoms with Gasteiger partial charge in [0.2, 0.25) is 0 Å². The molecule has 1 N–H and O–H groups in total. The minimum atomic E-state index is -0.667. The van der Waals surface area contributed by atoms with Crippen LogP contribution in [0.3, 0.4) is 0 Å². The van der Waals surface area contributed by atoms with Gasteiger partial charge in [-0.2, -0.15) is 0 Å². The Balaban J connectivity index is 1.75. The van der Waals surface area contributed by atoms with Crippen molar-refractivity contribution in [2.75, 3.05) is 13.2 Å². The highest BCUT2D eigenvalue weighted by Gasteiger charge is 2.45. The third kappa shape index (κ3) is 4.67. The molecule has 1 amide bonds. The molecule has 0 unspecified atom stereocenters. The lowest BCUT2D eigenvalue weighted by Crippen LogP contribution is -2.31. The van der Waals surface area contributed by atoms with Crippen LogP contribution in [0.25, 0.3) is 5.76 Å². The number of aryl methyl sites for hydroxylation is 1. The van der Waals surface area contributed by atoms with Crippen LogP contribution in [0.4, 0.5) is 0 Å². The number of ketones is 1. The first-order valence-electron chi connectivity index (χ1n) is 11.1. The molecule has 3 aromatic carbocycles. The molecule has 3 aromatic rings. The topological polar surface area (TPSA) is 66.8 Å². The maximum absolute atomic E-state index is 13.1. The number of hydrogen-bond donors (Lipinski definition) is 1. The summed E-state index contributed by atoms with van der Waals surface area (Å²) in [6, 6.07) is 23.8. The highest BCUT2D eigenvalue weighted by molar-refractivity contribution is 6.46. The van der Waals surface area contributed by atoms with Crippen LogP contribution in [-0.2, 0) is 16.0 Å². The molecule has 1 atom stereocenters. The summed E-state index contributed by atoms with van der Waals surface area (Å²) in [5.41, 5.74) is 3.53. The number of ether oxygens (including phenoxy) is 1. The molecule has 0 aromatic heterocycles. The van der Waals surface area contributed by atoms with Gasteiger partial charge in [0.05, 0.1) is 18.2 Å². The second-order valence-corrected chi connectivity index (χ2v) is 8.10. The third-order valence-electron chi connectivity index (χ3n) is 5.86. The lowest BCUT2D eigenvalue weighted by molar-refractivity contribution is -0.139. The van der Waals surface area contributed by atoms with Crippen molar-refractivity contribution in [1.29, 1.82) is 0 Å². The Morgan fingerprint density at radius 2 is 1.61 bits per heavy atom. The van der Waals surface area contributed by atoms with E-state index in [-0.39, 0.29) is 11.3 Å². The summed E-state index contributed by atoms with van der Waals surface area (Å²) < 4.78 is 5.47. The molecule has 1 saturated heterocycles. The average Bonchev–Trinajstić information content (AvgIpc) is 3.09. The number of nitrogens with zero attached hydrogens (tertiary/aromatic N) is 1. The molecule has 0 saturated carbocycles. The predicted molar refractivity (Wildman–Crippen MR) is 128 cm³/mol. The van der Waals surface area contributed by atoms with Gasteiger partial charge in [0, 0.05) is 12.1 Å². The average molecular weight is 442 g/mol. The number of rotatable bonds is 7. The van der Waals surface area contributed by atoms with E-state index in [4.69, 9.17) is 4.74 Å². The lowest BCUT2D eigenvalue weighted by Gasteiger charge is -2.25. The molecule has 5 heteroatoms. The van der Waals surface area contributed by atoms with Crippen molar-refractivity contribution in [3.63, 3.8) is 0 Å². The second-order valence-electron chi connectivity index (χ2n) is 8.10. The van der Waals surface area contributed by atoms with Crippen LogP contribution >= 0.6 is 0 Å². The minimum absolute atomic E-state index is 0.112. The van der Waals surface area contributed by atoms with Gasteiger partial charge in [-0.15, -0.1) is 0 Å². The van der Waals surface area contributed by atoms with Gasteiger partial charge < -0.3 is 14.7 Å². The van der Waals surface area contributed by atoms with Gasteiger partial charge in [-0.1, -0.05) is 60.2 Å². The summed E-state index contributed by atoms with van der Waals surface area (Å²) in [6.45, 7) is 4.78. The van der Waals surface area contributed by atoms with E-state index < -0.39 is 17.7 Å². The molecule has 0 radical (unpaired) electrons. The van der Waals surface area contributed by atoms with Crippen LogP contribution in [0.2, 0.25) is 0 Å². The molecular weight excluding hydrogens is 414 g/mol. The van der Waals surface area contributed by atoms with Gasteiger partial charge in [-0.25, -0.2) is 0 Å². The smallest absolute Gasteiger partial charge is 0.295 e. The number of carbonyl (C=O) groups excluding carboxylic acids is 2. The van der Waals surface area contributed by atoms with Crippen molar-refractivity contribution < 1.29 is 19.4 Å². The summed E-state index contributed by atoms with van der Waals surface area (Å²) in [5.74, 6) is -0.763. The highest BCUT2D eigenvalue weighted by atomic mass is 16.5. The number of likely N-dealkylation sites (tertiary alicyclic amines) is 1. The van der Waals surface area contributed by atoms with Crippen molar-refractivity contribution in [2.24, 2.45) is 0 Å². The molecule has 1 aliphatic rings. The van der Waals surface area contributed by atoms with Crippen LogP contribution < -0.4 is 4.74 Å². The van der Waals surface area contributed by atoms with Gasteiger partial charge in [0.25, 0.3) is 11.7 Å². The summed E-state index contributed by atoms with van der Waals surface area (Å²) in [4.78, 5) is 27.8. The summed E-state index contributed by atoms with van der Waals surface area (Å²) in [6.07, 6.45) is 0.610. The fourth-order valence-electron chi connectivity index (χ4n) is 4.13. The largest absolute Gasteiger partial charge is 0.507 e. The van der Waals surface area contributed by atoms with E-state index in [1.165, 1.54) is 0 Å². The van der Waals surface area contributed by atoms with Crippen molar-refractivity contribution in [3.8, 4) is 5.75 Å². The molecule has 0 spiro atoms. The number of Topliss-reactive ketones (excluding diaryl/α,β-unsaturated/α-hetero) is 1. The van der Waals surface area contributed by atoms with Crippen molar-refractivity contribution in [1.82, 2.24) is 4.90 Å². The Morgan fingerprint density at radius 3 is 2.24 bits per heavy atom. The molecule has 1 heterocycles. The van der Waals surface area contributed by atoms with Crippen LogP contribution in [0.15, 0.2) is 84.4 Å². The first kappa shape index (κ1) is 22.3. The number of benzene rings is 3. The van der Waals surface area contributed by atoms with E-state index in [9.17, 15) is 14.7 Å². The molecule has 1 aliphatic heterocycles. The van der Waals surface area contributed by atoms with Crippen LogP contribution in [-0.4, -0.2) is 34.8 Å². The normalized spacial score (nSPS) is 17.4. The lowest BCUT2D eigenvalue weighted by atomic mass is 9.94. The number of aliphatic hydroxyl groups excluding tert-OH is 1. The zero-order valence-electron chi connectivity index (χ0n) is 18.8. The molecule has 0 bridgehead atoms. The molecule has 0 aliphatic carbocycles. The van der Waals surface area contributed by atoms with Gasteiger partial charge in [0.15, 0.2) is 0 Å². The number of amides is 1. The third-order valence-corrected chi connectivity index (χ3v) is 5.86. The molecule has 168 valence electrons. The minimum Gasteiger partial charge on any atom is -0.507 e. The van der Waals surface area contributed by atoms with Gasteiger partial charge >= 0.3 is 0 Å². The summed E-state index contributed by atoms with van der Waals surface area (Å²) in [7, 11) is 0. The zero-order chi connectivity index (χ0) is 23.4. The van der Waals surface area contributed by atoms with Gasteiger partial charge in [0.1, 0.15) is 11.5 Å². The van der Waals surface area contributed by atoms with Gasteiger partial charge in [-0.05, 0) is 55.7 Å². The summed E-state index contributed by atoms with van der Waals surface area (Å²) >= 11 is 0. The van der Waals surface area contributed by atoms with E-state index in [0.29, 0.717) is 30.9 Å². The number of carbonyl (C=O) groups is 2. The second kappa shape index (κ2) is 9.74. The van der Waals surface area contributed by atoms with Crippen LogP contribution in [0.1, 0.15) is 35.2 Å². The van der Waals surface area contributed by atoms with E-state index in [0.717, 1.165) is 16.7 Å². The van der Waals surface area contributed by atoms with Crippen molar-refractivity contribution in [2.45, 2.75) is 26.3 Å². The Kier molecular flexibility index (Phi) is 6.59. The number of aliphatic hydroxyl groups is 1. The van der Waals surface area contributed by atoms with E-state index in [1.54, 1.807) is 29.2 Å². The summed E-state index contributed by atoms with van der Waals surface area (Å²) in [5, 5.41) is 11.2. The predicted octanol–water partition coefficient (Wildman–Crippen LogP) is 5.06. The molecule has 33 heavy (non-hydrogen) atoms. The zero-order valence-corrected chi connectivity index (χ0v) is 18.8. The SMILES string of the molecule is CCOc1ccc(C(O)=C2C(=O)C(=O)N(CCc3ccccc3)[C@H]2c2ccc(C)cc2)cc1. The number of hydrogen-bond acceptors (Lipinski definition) is 4. The first-order valence-corrected chi connectivity index (χ1v) is 11.1. The highest BCUT2D eigenvalue weighted by Crippen LogP contribution is 2.39. The molecule has 5 nitrogen and oxygen atoms in total. The maximum Gasteiger partial charge on any atom is 0.295 e. The van der Waals surface area contributed by atoms with E-state index in [2.05, 4.69) is 0 Å². The first-order chi connectivity index (χ1) is 16.0. The van der Waals surface area contributed by atoms with Crippen molar-refractivity contribution in [3.05, 3.63) is 107 Å². The van der Waals surface area contributed by atoms with Gasteiger partial charge in [-0.3, -0.25) is 9.59 Å². The van der Waals surface area contributed by atoms with Crippen LogP contribution in [0, 0.1) is 6.92 Å². The Morgan fingerprint density at radius 1 is 0.939 bits per heavy atom. The van der Waals surface area contributed by atoms with E-state index >= 15 is 0 Å². The fraction of sp³-hybridized carbons (Fsp3) is 0.214. The standard InChI is InChI=1S/C28H27NO4/c1-3-33-23-15-13-22(14-16-23)26(30)24-25(21-11-9-19(2)10-12-21)29(28(32)27(24)31)18-17-20-7-5-4-6-8-20/h4-16,25,30H,3,17-18H2,1-2H3/t25-/m0/s1. The van der Waals surface area contributed by atoms with Crippen molar-refractivity contribution >= 4 is 17.4 Å².